The van der Waals surface area contributed by atoms with E-state index in [1.807, 2.05) is 62.5 Å². The number of carbonyl (C=O) groups is 1. The van der Waals surface area contributed by atoms with Crippen LogP contribution >= 0.6 is 11.6 Å². The number of hydrogen-bond acceptors (Lipinski definition) is 7. The molecule has 3 aromatic rings. The minimum Gasteiger partial charge on any atom is -0.493 e. The highest BCUT2D eigenvalue weighted by Gasteiger charge is 2.28. The molecule has 5 N–H and O–H groups in total. The van der Waals surface area contributed by atoms with E-state index in [1.165, 1.54) is 0 Å². The second-order valence-corrected chi connectivity index (χ2v) is 8.20. The number of nitrogens with two attached hydrogens (primary N) is 2. The van der Waals surface area contributed by atoms with Crippen LogP contribution in [-0.2, 0) is 16.1 Å². The molecule has 2 heterocycles. The van der Waals surface area contributed by atoms with E-state index in [1.54, 1.807) is 21.1 Å². The molecule has 1 unspecified atom stereocenters. The lowest BCUT2D eigenvalue weighted by Gasteiger charge is -2.22. The first-order valence-electron chi connectivity index (χ1n) is 12.1. The van der Waals surface area contributed by atoms with E-state index in [0.29, 0.717) is 35.4 Å². The van der Waals surface area contributed by atoms with Crippen molar-refractivity contribution in [3.63, 3.8) is 0 Å². The second kappa shape index (κ2) is 14.9. The number of carboxylic acid groups (broad SMARTS) is 1. The van der Waals surface area contributed by atoms with Gasteiger partial charge in [0, 0.05) is 34.5 Å². The first-order chi connectivity index (χ1) is 18.3. The van der Waals surface area contributed by atoms with E-state index in [0.717, 1.165) is 27.5 Å². The molecule has 0 fully saturated rings. The number of nitrogens with zero attached hydrogens (tertiary/aromatic N) is 3. The van der Waals surface area contributed by atoms with Gasteiger partial charge in [0.15, 0.2) is 11.5 Å². The van der Waals surface area contributed by atoms with Gasteiger partial charge in [-0.25, -0.2) is 5.84 Å². The van der Waals surface area contributed by atoms with E-state index >= 15 is 0 Å². The topological polar surface area (TPSA) is 138 Å². The number of para-hydroxylation sites is 1. The Morgan fingerprint density at radius 2 is 1.92 bits per heavy atom. The van der Waals surface area contributed by atoms with Crippen molar-refractivity contribution in [1.82, 2.24) is 9.58 Å². The van der Waals surface area contributed by atoms with Gasteiger partial charge >= 0.3 is 5.97 Å². The molecular weight excluding hydrogens is 510 g/mol. The van der Waals surface area contributed by atoms with Crippen molar-refractivity contribution in [2.75, 3.05) is 20.8 Å². The van der Waals surface area contributed by atoms with Crippen LogP contribution in [0, 0.1) is 0 Å². The molecule has 206 valence electrons. The molecule has 1 atom stereocenters. The van der Waals surface area contributed by atoms with E-state index in [4.69, 9.17) is 42.6 Å². The van der Waals surface area contributed by atoms with Crippen LogP contribution in [0.4, 0.5) is 0 Å². The zero-order valence-electron chi connectivity index (χ0n) is 22.3. The van der Waals surface area contributed by atoms with Gasteiger partial charge in [-0.2, -0.15) is 5.10 Å². The quantitative estimate of drug-likeness (QED) is 0.175. The van der Waals surface area contributed by atoms with Crippen molar-refractivity contribution >= 4 is 23.4 Å². The zero-order valence-corrected chi connectivity index (χ0v) is 23.1. The molecule has 2 aromatic carbocycles. The fourth-order valence-electron chi connectivity index (χ4n) is 3.96. The monoisotopic (exact) mass is 545 g/mol. The van der Waals surface area contributed by atoms with Crippen LogP contribution in [0.1, 0.15) is 50.1 Å². The summed E-state index contributed by atoms with van der Waals surface area (Å²) < 4.78 is 19.5. The SMILES string of the molecule is CC.CC/C(=N/N)N(N)CC(=O)O.COc1cccc(C2OCc3cccn3-c3ccc(Cl)cc32)c1OC. The number of aromatic nitrogens is 1. The van der Waals surface area contributed by atoms with Crippen molar-refractivity contribution in [1.29, 1.82) is 0 Å². The number of amidine groups is 1. The predicted molar refractivity (Wildman–Crippen MR) is 149 cm³/mol. The molecule has 0 aliphatic carbocycles. The normalized spacial score (nSPS) is 13.9. The first kappa shape index (κ1) is 30.5. The number of ether oxygens (including phenoxy) is 3. The number of methoxy groups -OCH3 is 2. The molecule has 4 rings (SSSR count). The molecule has 0 saturated carbocycles. The Balaban J connectivity index is 0.000000332. The van der Waals surface area contributed by atoms with Crippen LogP contribution in [-0.4, -0.2) is 47.3 Å². The summed E-state index contributed by atoms with van der Waals surface area (Å²) in [5.41, 5.74) is 4.05. The summed E-state index contributed by atoms with van der Waals surface area (Å²) in [6, 6.07) is 15.8. The molecule has 11 heteroatoms. The molecule has 1 aliphatic rings. The summed E-state index contributed by atoms with van der Waals surface area (Å²) in [4.78, 5) is 10.1. The van der Waals surface area contributed by atoms with Crippen LogP contribution in [0.5, 0.6) is 11.5 Å². The van der Waals surface area contributed by atoms with Gasteiger partial charge in [0.05, 0.1) is 26.5 Å². The summed E-state index contributed by atoms with van der Waals surface area (Å²) in [5.74, 6) is 10.9. The Morgan fingerprint density at radius 3 is 2.53 bits per heavy atom. The number of halogens is 1. The molecule has 0 bridgehead atoms. The Morgan fingerprint density at radius 1 is 1.18 bits per heavy atom. The highest BCUT2D eigenvalue weighted by atomic mass is 35.5. The van der Waals surface area contributed by atoms with Crippen LogP contribution in [0.2, 0.25) is 5.02 Å². The van der Waals surface area contributed by atoms with Crippen LogP contribution in [0.25, 0.3) is 5.69 Å². The number of aliphatic carboxylic acids is 1. The number of hydrazone groups is 1. The third kappa shape index (κ3) is 7.18. The largest absolute Gasteiger partial charge is 0.493 e. The maximum atomic E-state index is 10.1. The lowest BCUT2D eigenvalue weighted by Crippen LogP contribution is -2.41. The van der Waals surface area contributed by atoms with Gasteiger partial charge in [-0.1, -0.05) is 44.5 Å². The second-order valence-electron chi connectivity index (χ2n) is 7.77. The Bertz CT molecular complexity index is 1230. The fraction of sp³-hybridized carbons (Fsp3) is 0.333. The number of fused-ring (bicyclic) bond motifs is 3. The molecule has 38 heavy (non-hydrogen) atoms. The Kier molecular flexibility index (Phi) is 11.9. The number of hydrogen-bond donors (Lipinski definition) is 3. The van der Waals surface area contributed by atoms with E-state index in [-0.39, 0.29) is 12.6 Å². The van der Waals surface area contributed by atoms with Crippen LogP contribution in [0.15, 0.2) is 59.8 Å². The Labute approximate surface area is 228 Å². The summed E-state index contributed by atoms with van der Waals surface area (Å²) in [7, 11) is 3.27. The standard InChI is InChI=1S/C20H18ClNO3.C5H12N4O2.C2H6/c1-23-18-7-3-6-15(20(18)24-2)19-16-11-13(21)8-9-17(16)22-10-4-5-14(22)12-25-19;1-2-4(8-6)9(7)3-5(10)11;1-2/h3-11,19H,12H2,1-2H3;2-3,6-7H2,1H3,(H,10,11);1-2H3/b;8-4-;. The minimum atomic E-state index is -1.01. The molecular formula is C27H36ClN5O5. The number of benzene rings is 2. The van der Waals surface area contributed by atoms with E-state index in [9.17, 15) is 4.79 Å². The van der Waals surface area contributed by atoms with Crippen molar-refractivity contribution < 1.29 is 24.1 Å². The van der Waals surface area contributed by atoms with Crippen molar-refractivity contribution in [2.45, 2.75) is 39.9 Å². The van der Waals surface area contributed by atoms with Crippen molar-refractivity contribution in [3.05, 3.63) is 76.6 Å². The highest BCUT2D eigenvalue weighted by Crippen LogP contribution is 2.43. The summed E-state index contributed by atoms with van der Waals surface area (Å²) in [6.45, 7) is 5.99. The molecule has 10 nitrogen and oxygen atoms in total. The fourth-order valence-corrected chi connectivity index (χ4v) is 4.14. The van der Waals surface area contributed by atoms with E-state index in [2.05, 4.69) is 15.7 Å². The average Bonchev–Trinajstić information content (AvgIpc) is 3.33. The Hall–Kier alpha value is -3.73. The minimum absolute atomic E-state index is 0.288. The van der Waals surface area contributed by atoms with Gasteiger partial charge in [0.1, 0.15) is 18.5 Å². The van der Waals surface area contributed by atoms with Gasteiger partial charge in [0.2, 0.25) is 0 Å². The maximum Gasteiger partial charge on any atom is 0.324 e. The van der Waals surface area contributed by atoms with E-state index < -0.39 is 5.97 Å². The summed E-state index contributed by atoms with van der Waals surface area (Å²) in [5, 5.41) is 13.3. The third-order valence-corrected chi connectivity index (χ3v) is 5.82. The summed E-state index contributed by atoms with van der Waals surface area (Å²) >= 11 is 6.30. The lowest BCUT2D eigenvalue weighted by atomic mass is 9.98. The molecule has 0 spiro atoms. The molecule has 1 aliphatic heterocycles. The van der Waals surface area contributed by atoms with Crippen molar-refractivity contribution in [3.8, 4) is 17.2 Å². The highest BCUT2D eigenvalue weighted by molar-refractivity contribution is 6.30. The molecule has 0 saturated heterocycles. The molecule has 1 aromatic heterocycles. The third-order valence-electron chi connectivity index (χ3n) is 5.58. The molecule has 0 amide bonds. The van der Waals surface area contributed by atoms with Crippen molar-refractivity contribution in [2.24, 2.45) is 16.8 Å². The molecule has 0 radical (unpaired) electrons. The predicted octanol–water partition coefficient (Wildman–Crippen LogP) is 4.72. The van der Waals surface area contributed by atoms with Crippen LogP contribution < -0.4 is 21.2 Å². The maximum absolute atomic E-state index is 10.1. The first-order valence-corrected chi connectivity index (χ1v) is 12.5. The average molecular weight is 546 g/mol. The summed E-state index contributed by atoms with van der Waals surface area (Å²) in [6.07, 6.45) is 2.25. The number of hydrazine groups is 1. The van der Waals surface area contributed by atoms with Gasteiger partial charge < -0.3 is 29.7 Å². The van der Waals surface area contributed by atoms with Gasteiger partial charge in [-0.05, 0) is 36.4 Å². The van der Waals surface area contributed by atoms with Gasteiger partial charge in [-0.3, -0.25) is 9.80 Å². The van der Waals surface area contributed by atoms with Crippen LogP contribution in [0.3, 0.4) is 0 Å². The lowest BCUT2D eigenvalue weighted by molar-refractivity contribution is -0.137. The number of rotatable bonds is 6. The number of carboxylic acids is 1. The smallest absolute Gasteiger partial charge is 0.324 e. The van der Waals surface area contributed by atoms with Gasteiger partial charge in [0.25, 0.3) is 0 Å². The zero-order chi connectivity index (χ0) is 28.2. The van der Waals surface area contributed by atoms with Gasteiger partial charge in [-0.15, -0.1) is 0 Å².